The molecule has 0 aromatic heterocycles. The van der Waals surface area contributed by atoms with Gasteiger partial charge in [-0.25, -0.2) is 26.3 Å². The van der Waals surface area contributed by atoms with Gasteiger partial charge in [-0.2, -0.15) is 0 Å². The predicted octanol–water partition coefficient (Wildman–Crippen LogP) is 2.17. The van der Waals surface area contributed by atoms with Crippen LogP contribution in [0.4, 0.5) is 0 Å². The highest BCUT2D eigenvalue weighted by molar-refractivity contribution is 7.89. The molecule has 2 aromatic rings. The van der Waals surface area contributed by atoms with E-state index < -0.39 is 31.9 Å². The molecule has 6 rings (SSSR count). The Balaban J connectivity index is 1.26. The van der Waals surface area contributed by atoms with Crippen LogP contribution >= 0.6 is 0 Å². The van der Waals surface area contributed by atoms with Crippen LogP contribution < -0.4 is 9.44 Å². The second-order valence-electron chi connectivity index (χ2n) is 10.1. The molecule has 0 aliphatic heterocycles. The fourth-order valence-corrected chi connectivity index (χ4v) is 8.63. The third kappa shape index (κ3) is 3.63. The fourth-order valence-electron chi connectivity index (χ4n) is 6.00. The lowest BCUT2D eigenvalue weighted by atomic mass is 9.91. The first kappa shape index (κ1) is 22.4. The van der Waals surface area contributed by atoms with Crippen molar-refractivity contribution in [3.8, 4) is 11.1 Å². The lowest BCUT2D eigenvalue weighted by Crippen LogP contribution is -2.46. The molecule has 0 radical (unpaired) electrons. The van der Waals surface area contributed by atoms with Gasteiger partial charge in [-0.1, -0.05) is 18.6 Å². The lowest BCUT2D eigenvalue weighted by molar-refractivity contribution is 0.0712. The number of hydrogen-bond acceptors (Lipinski definition) is 6. The number of aliphatic hydroxyl groups is 1. The van der Waals surface area contributed by atoms with Crippen molar-refractivity contribution in [3.05, 3.63) is 47.5 Å². The van der Waals surface area contributed by atoms with Crippen molar-refractivity contribution >= 4 is 25.8 Å². The molecule has 3 saturated carbocycles. The quantitative estimate of drug-likeness (QED) is 0.474. The van der Waals surface area contributed by atoms with Crippen molar-refractivity contribution in [2.45, 2.75) is 66.5 Å². The highest BCUT2D eigenvalue weighted by Gasteiger charge is 2.41. The van der Waals surface area contributed by atoms with E-state index >= 15 is 0 Å². The van der Waals surface area contributed by atoms with Crippen LogP contribution in [0.25, 0.3) is 11.1 Å². The van der Waals surface area contributed by atoms with Gasteiger partial charge in [0, 0.05) is 23.2 Å². The third-order valence-corrected chi connectivity index (χ3v) is 10.9. The molecule has 0 heterocycles. The summed E-state index contributed by atoms with van der Waals surface area (Å²) in [4.78, 5) is 13.2. The maximum atomic E-state index is 13.2. The Morgan fingerprint density at radius 3 is 1.82 bits per heavy atom. The third-order valence-electron chi connectivity index (χ3n) is 7.86. The first-order valence-electron chi connectivity index (χ1n) is 11.7. The maximum Gasteiger partial charge on any atom is 0.240 e. The Bertz CT molecular complexity index is 1410. The number of sulfonamides is 2. The van der Waals surface area contributed by atoms with E-state index in [1.165, 1.54) is 30.7 Å². The molecule has 0 amide bonds. The molecule has 8 nitrogen and oxygen atoms in total. The standard InChI is InChI=1S/C24H26N2O6S2/c27-16-9-15(10-16)25-33(29,30)17-3-5-19-20-6-4-18(12-22(20)24(28)21(19)11-17)34(31,32)26-23-8-13-1-2-14(23)7-13/h3-6,11-16,23,25-27H,1-2,7-10H2. The minimum absolute atomic E-state index is 0.0282. The van der Waals surface area contributed by atoms with Gasteiger partial charge in [0.2, 0.25) is 20.0 Å². The van der Waals surface area contributed by atoms with E-state index in [0.29, 0.717) is 35.8 Å². The molecule has 2 bridgehead atoms. The zero-order valence-electron chi connectivity index (χ0n) is 18.4. The van der Waals surface area contributed by atoms with Crippen LogP contribution in [0.3, 0.4) is 0 Å². The van der Waals surface area contributed by atoms with E-state index in [1.54, 1.807) is 12.1 Å². The van der Waals surface area contributed by atoms with Crippen LogP contribution in [0, 0.1) is 11.8 Å². The van der Waals surface area contributed by atoms with Crippen molar-refractivity contribution < 1.29 is 26.7 Å². The number of hydrogen-bond donors (Lipinski definition) is 3. The topological polar surface area (TPSA) is 130 Å². The molecular formula is C24H26N2O6S2. The molecule has 3 unspecified atom stereocenters. The van der Waals surface area contributed by atoms with Gasteiger partial charge < -0.3 is 5.11 Å². The highest BCUT2D eigenvalue weighted by atomic mass is 32.2. The summed E-state index contributed by atoms with van der Waals surface area (Å²) in [5.74, 6) is 0.596. The van der Waals surface area contributed by atoms with Gasteiger partial charge in [0.1, 0.15) is 0 Å². The number of carbonyl (C=O) groups is 1. The monoisotopic (exact) mass is 502 g/mol. The van der Waals surface area contributed by atoms with Crippen LogP contribution in [0.1, 0.15) is 54.4 Å². The molecule has 34 heavy (non-hydrogen) atoms. The van der Waals surface area contributed by atoms with Crippen molar-refractivity contribution in [1.82, 2.24) is 9.44 Å². The number of carbonyl (C=O) groups excluding carboxylic acids is 1. The van der Waals surface area contributed by atoms with Gasteiger partial charge in [-0.05, 0) is 79.3 Å². The SMILES string of the molecule is O=C1c2cc(S(=O)(=O)NC3CC(O)C3)ccc2-c2ccc(S(=O)(=O)NC3CC4CCC3C4)cc21. The van der Waals surface area contributed by atoms with Gasteiger partial charge in [0.25, 0.3) is 0 Å². The molecule has 180 valence electrons. The Morgan fingerprint density at radius 1 is 0.735 bits per heavy atom. The number of rotatable bonds is 6. The molecule has 4 aliphatic rings. The lowest BCUT2D eigenvalue weighted by Gasteiger charge is -2.31. The van der Waals surface area contributed by atoms with E-state index in [2.05, 4.69) is 9.44 Å². The van der Waals surface area contributed by atoms with Crippen molar-refractivity contribution in [2.24, 2.45) is 11.8 Å². The summed E-state index contributed by atoms with van der Waals surface area (Å²) in [6, 6.07) is 8.52. The second-order valence-corrected chi connectivity index (χ2v) is 13.5. The largest absolute Gasteiger partial charge is 0.393 e. The van der Waals surface area contributed by atoms with E-state index in [-0.39, 0.29) is 33.0 Å². The zero-order chi connectivity index (χ0) is 23.8. The van der Waals surface area contributed by atoms with Gasteiger partial charge in [0.15, 0.2) is 5.78 Å². The number of aliphatic hydroxyl groups excluding tert-OH is 1. The summed E-state index contributed by atoms with van der Waals surface area (Å²) < 4.78 is 57.0. The minimum Gasteiger partial charge on any atom is -0.393 e. The summed E-state index contributed by atoms with van der Waals surface area (Å²) in [5, 5.41) is 9.41. The average molecular weight is 503 g/mol. The zero-order valence-corrected chi connectivity index (χ0v) is 20.0. The molecule has 3 N–H and O–H groups in total. The smallest absolute Gasteiger partial charge is 0.240 e. The maximum absolute atomic E-state index is 13.2. The molecule has 3 fully saturated rings. The van der Waals surface area contributed by atoms with Gasteiger partial charge in [0.05, 0.1) is 15.9 Å². The van der Waals surface area contributed by atoms with Gasteiger partial charge in [-0.3, -0.25) is 4.79 Å². The van der Waals surface area contributed by atoms with E-state index in [9.17, 15) is 26.7 Å². The Kier molecular flexibility index (Phi) is 5.06. The number of ketones is 1. The van der Waals surface area contributed by atoms with Gasteiger partial charge >= 0.3 is 0 Å². The summed E-state index contributed by atoms with van der Waals surface area (Å²) in [5.41, 5.74) is 1.68. The summed E-state index contributed by atoms with van der Waals surface area (Å²) in [6.07, 6.45) is 4.40. The molecule has 10 heteroatoms. The number of nitrogens with one attached hydrogen (secondary N) is 2. The van der Waals surface area contributed by atoms with Crippen LogP contribution in [-0.4, -0.2) is 45.9 Å². The van der Waals surface area contributed by atoms with E-state index in [1.807, 2.05) is 0 Å². The average Bonchev–Trinajstić information content (AvgIpc) is 3.46. The van der Waals surface area contributed by atoms with Crippen LogP contribution in [0.15, 0.2) is 46.2 Å². The minimum atomic E-state index is -3.84. The van der Waals surface area contributed by atoms with Crippen molar-refractivity contribution in [3.63, 3.8) is 0 Å². The highest BCUT2D eigenvalue weighted by Crippen LogP contribution is 2.45. The molecular weight excluding hydrogens is 476 g/mol. The first-order valence-corrected chi connectivity index (χ1v) is 14.6. The Labute approximate surface area is 198 Å². The summed E-state index contributed by atoms with van der Waals surface area (Å²) in [6.45, 7) is 0. The molecule has 0 spiro atoms. The predicted molar refractivity (Wildman–Crippen MR) is 124 cm³/mol. The van der Waals surface area contributed by atoms with Crippen molar-refractivity contribution in [1.29, 1.82) is 0 Å². The fraction of sp³-hybridized carbons (Fsp3) is 0.458. The van der Waals surface area contributed by atoms with E-state index in [0.717, 1.165) is 19.3 Å². The van der Waals surface area contributed by atoms with Crippen LogP contribution in [0.2, 0.25) is 0 Å². The van der Waals surface area contributed by atoms with E-state index in [4.69, 9.17) is 0 Å². The number of fused-ring (bicyclic) bond motifs is 5. The second kappa shape index (κ2) is 7.69. The first-order chi connectivity index (χ1) is 16.1. The molecule has 0 saturated heterocycles. The van der Waals surface area contributed by atoms with Crippen LogP contribution in [0.5, 0.6) is 0 Å². The Hall–Kier alpha value is -2.11. The molecule has 3 atom stereocenters. The molecule has 4 aliphatic carbocycles. The van der Waals surface area contributed by atoms with Gasteiger partial charge in [-0.15, -0.1) is 0 Å². The summed E-state index contributed by atoms with van der Waals surface area (Å²) >= 11 is 0. The normalized spacial score (nSPS) is 29.7. The van der Waals surface area contributed by atoms with Crippen molar-refractivity contribution in [2.75, 3.05) is 0 Å². The number of benzene rings is 2. The van der Waals surface area contributed by atoms with Crippen LogP contribution in [-0.2, 0) is 20.0 Å². The molecule has 2 aromatic carbocycles. The Morgan fingerprint density at radius 2 is 1.32 bits per heavy atom. The summed E-state index contributed by atoms with van der Waals surface area (Å²) in [7, 11) is -7.62.